The van der Waals surface area contributed by atoms with E-state index < -0.39 is 34.3 Å². The fourth-order valence-corrected chi connectivity index (χ4v) is 6.42. The number of benzene rings is 4. The molecule has 4 aromatic carbocycles. The molecule has 0 unspecified atom stereocenters. The molecule has 0 aliphatic carbocycles. The van der Waals surface area contributed by atoms with Gasteiger partial charge in [0.05, 0.1) is 15.6 Å². The minimum absolute atomic E-state index is 0.0131. The largest absolute Gasteiger partial charge is 0.354 e. The second-order valence-electron chi connectivity index (χ2n) is 10.4. The van der Waals surface area contributed by atoms with E-state index in [1.807, 2.05) is 68.4 Å². The molecule has 0 aliphatic heterocycles. The average molecular weight is 636 g/mol. The lowest BCUT2D eigenvalue weighted by Crippen LogP contribution is -2.53. The third kappa shape index (κ3) is 8.24. The molecule has 0 aliphatic rings. The molecule has 4 rings (SSSR count). The molecule has 1 N–H and O–H groups in total. The zero-order valence-corrected chi connectivity index (χ0v) is 26.2. The molecule has 0 saturated carbocycles. The summed E-state index contributed by atoms with van der Waals surface area (Å²) in [4.78, 5) is 29.4. The fourth-order valence-electron chi connectivity index (χ4n) is 4.82. The number of anilines is 1. The highest BCUT2D eigenvalue weighted by atomic mass is 35.5. The SMILES string of the molecule is CCCNC(=O)[C@@H](Cc1ccccc1)N(Cc1cccc(C)c1)C(=O)CN(c1ccc(F)c(Cl)c1)S(=O)(=O)c1ccccc1. The monoisotopic (exact) mass is 635 g/mol. The number of hydrogen-bond acceptors (Lipinski definition) is 4. The van der Waals surface area contributed by atoms with Crippen LogP contribution in [0, 0.1) is 12.7 Å². The van der Waals surface area contributed by atoms with Gasteiger partial charge in [-0.3, -0.25) is 13.9 Å². The van der Waals surface area contributed by atoms with E-state index in [0.717, 1.165) is 27.1 Å². The zero-order chi connectivity index (χ0) is 31.7. The van der Waals surface area contributed by atoms with Gasteiger partial charge in [0.15, 0.2) is 0 Å². The van der Waals surface area contributed by atoms with Crippen molar-refractivity contribution >= 4 is 39.1 Å². The Morgan fingerprint density at radius 1 is 0.886 bits per heavy atom. The second kappa shape index (κ2) is 15.0. The number of carbonyl (C=O) groups excluding carboxylic acids is 2. The first kappa shape index (κ1) is 32.7. The molecule has 10 heteroatoms. The molecule has 0 aromatic heterocycles. The molecule has 230 valence electrons. The summed E-state index contributed by atoms with van der Waals surface area (Å²) >= 11 is 6.06. The van der Waals surface area contributed by atoms with Gasteiger partial charge in [-0.05, 0) is 54.8 Å². The number of halogens is 2. The van der Waals surface area contributed by atoms with Crippen molar-refractivity contribution in [3.63, 3.8) is 0 Å². The molecular formula is C34H35ClFN3O4S. The average Bonchev–Trinajstić information content (AvgIpc) is 3.02. The molecule has 0 fully saturated rings. The summed E-state index contributed by atoms with van der Waals surface area (Å²) in [6.45, 7) is 3.68. The van der Waals surface area contributed by atoms with Crippen LogP contribution >= 0.6 is 11.6 Å². The summed E-state index contributed by atoms with van der Waals surface area (Å²) < 4.78 is 43.0. The number of carbonyl (C=O) groups is 2. The van der Waals surface area contributed by atoms with Gasteiger partial charge in [0.1, 0.15) is 18.4 Å². The number of nitrogens with one attached hydrogen (secondary N) is 1. The molecule has 44 heavy (non-hydrogen) atoms. The molecule has 0 spiro atoms. The van der Waals surface area contributed by atoms with Gasteiger partial charge in [0, 0.05) is 19.5 Å². The lowest BCUT2D eigenvalue weighted by Gasteiger charge is -2.34. The van der Waals surface area contributed by atoms with Gasteiger partial charge in [0.2, 0.25) is 11.8 Å². The maximum absolute atomic E-state index is 14.4. The summed E-state index contributed by atoms with van der Waals surface area (Å²) in [5, 5.41) is 2.63. The Morgan fingerprint density at radius 2 is 1.55 bits per heavy atom. The minimum atomic E-state index is -4.31. The lowest BCUT2D eigenvalue weighted by atomic mass is 10.0. The van der Waals surface area contributed by atoms with E-state index in [9.17, 15) is 22.4 Å². The first-order chi connectivity index (χ1) is 21.1. The lowest BCUT2D eigenvalue weighted by molar-refractivity contribution is -0.140. The summed E-state index contributed by atoms with van der Waals surface area (Å²) in [6, 6.07) is 27.1. The molecule has 2 amide bonds. The highest BCUT2D eigenvalue weighted by Crippen LogP contribution is 2.28. The van der Waals surface area contributed by atoms with Crippen LogP contribution in [0.5, 0.6) is 0 Å². The van der Waals surface area contributed by atoms with E-state index in [2.05, 4.69) is 5.32 Å². The molecule has 0 radical (unpaired) electrons. The van der Waals surface area contributed by atoms with Crippen molar-refractivity contribution in [2.45, 2.75) is 44.2 Å². The van der Waals surface area contributed by atoms with Crippen molar-refractivity contribution in [1.82, 2.24) is 10.2 Å². The normalized spacial score (nSPS) is 11.9. The third-order valence-corrected chi connectivity index (χ3v) is 9.13. The van der Waals surface area contributed by atoms with Crippen molar-refractivity contribution in [1.29, 1.82) is 0 Å². The van der Waals surface area contributed by atoms with Gasteiger partial charge in [-0.1, -0.05) is 96.9 Å². The Morgan fingerprint density at radius 3 is 2.18 bits per heavy atom. The Kier molecular flexibility index (Phi) is 11.1. The standard InChI is InChI=1S/C34H35ClFN3O4S/c1-3-19-37-34(41)32(21-26-12-6-4-7-13-26)38(23-27-14-10-11-25(2)20-27)33(40)24-39(28-17-18-31(36)30(35)22-28)44(42,43)29-15-8-5-9-16-29/h4-18,20,22,32H,3,19,21,23-24H2,1-2H3,(H,37,41)/t32-/m1/s1. The number of nitrogens with zero attached hydrogens (tertiary/aromatic N) is 2. The van der Waals surface area contributed by atoms with Gasteiger partial charge in [-0.15, -0.1) is 0 Å². The van der Waals surface area contributed by atoms with Gasteiger partial charge in [-0.2, -0.15) is 0 Å². The summed E-state index contributed by atoms with van der Waals surface area (Å²) in [7, 11) is -4.31. The van der Waals surface area contributed by atoms with E-state index in [0.29, 0.717) is 13.0 Å². The zero-order valence-electron chi connectivity index (χ0n) is 24.6. The molecule has 0 saturated heterocycles. The van der Waals surface area contributed by atoms with E-state index in [1.54, 1.807) is 18.2 Å². The second-order valence-corrected chi connectivity index (χ2v) is 12.7. The van der Waals surface area contributed by atoms with Crippen LogP contribution in [0.4, 0.5) is 10.1 Å². The predicted octanol–water partition coefficient (Wildman–Crippen LogP) is 6.15. The molecular weight excluding hydrogens is 601 g/mol. The van der Waals surface area contributed by atoms with Crippen LogP contribution in [0.3, 0.4) is 0 Å². The summed E-state index contributed by atoms with van der Waals surface area (Å²) in [6.07, 6.45) is 0.909. The van der Waals surface area contributed by atoms with Crippen LogP contribution in [0.1, 0.15) is 30.0 Å². The van der Waals surface area contributed by atoms with Crippen LogP contribution in [-0.4, -0.2) is 44.3 Å². The van der Waals surface area contributed by atoms with Crippen molar-refractivity contribution < 1.29 is 22.4 Å². The van der Waals surface area contributed by atoms with Crippen molar-refractivity contribution in [2.24, 2.45) is 0 Å². The smallest absolute Gasteiger partial charge is 0.264 e. The summed E-state index contributed by atoms with van der Waals surface area (Å²) in [5.41, 5.74) is 2.60. The topological polar surface area (TPSA) is 86.8 Å². The van der Waals surface area contributed by atoms with E-state index in [4.69, 9.17) is 11.6 Å². The van der Waals surface area contributed by atoms with Crippen LogP contribution in [-0.2, 0) is 32.6 Å². The van der Waals surface area contributed by atoms with Crippen molar-refractivity contribution in [3.8, 4) is 0 Å². The van der Waals surface area contributed by atoms with Crippen LogP contribution in [0.25, 0.3) is 0 Å². The van der Waals surface area contributed by atoms with Gasteiger partial charge >= 0.3 is 0 Å². The van der Waals surface area contributed by atoms with E-state index in [-0.39, 0.29) is 34.5 Å². The maximum atomic E-state index is 14.4. The van der Waals surface area contributed by atoms with Gasteiger partial charge in [0.25, 0.3) is 10.0 Å². The molecule has 0 bridgehead atoms. The van der Waals surface area contributed by atoms with Crippen molar-refractivity contribution in [3.05, 3.63) is 131 Å². The Bertz CT molecular complexity index is 1690. The van der Waals surface area contributed by atoms with Gasteiger partial charge in [-0.25, -0.2) is 12.8 Å². The quantitative estimate of drug-likeness (QED) is 0.191. The van der Waals surface area contributed by atoms with Crippen molar-refractivity contribution in [2.75, 3.05) is 17.4 Å². The number of aryl methyl sites for hydroxylation is 1. The van der Waals surface area contributed by atoms with E-state index in [1.165, 1.54) is 29.2 Å². The van der Waals surface area contributed by atoms with Crippen LogP contribution in [0.2, 0.25) is 5.02 Å². The third-order valence-electron chi connectivity index (χ3n) is 7.06. The first-order valence-electron chi connectivity index (χ1n) is 14.3. The van der Waals surface area contributed by atoms with E-state index >= 15 is 0 Å². The number of sulfonamides is 1. The molecule has 7 nitrogen and oxygen atoms in total. The van der Waals surface area contributed by atoms with Crippen LogP contribution in [0.15, 0.2) is 108 Å². The highest BCUT2D eigenvalue weighted by molar-refractivity contribution is 7.92. The Balaban J connectivity index is 1.81. The molecule has 1 atom stereocenters. The minimum Gasteiger partial charge on any atom is -0.354 e. The number of hydrogen-bond donors (Lipinski definition) is 1. The molecule has 4 aromatic rings. The molecule has 0 heterocycles. The first-order valence-corrected chi connectivity index (χ1v) is 16.1. The Hall–Kier alpha value is -4.21. The fraction of sp³-hybridized carbons (Fsp3) is 0.235. The summed E-state index contributed by atoms with van der Waals surface area (Å²) in [5.74, 6) is -1.69. The maximum Gasteiger partial charge on any atom is 0.264 e. The van der Waals surface area contributed by atoms with Gasteiger partial charge < -0.3 is 10.2 Å². The number of amides is 2. The Labute approximate surface area is 263 Å². The highest BCUT2D eigenvalue weighted by Gasteiger charge is 2.34. The predicted molar refractivity (Wildman–Crippen MR) is 171 cm³/mol. The number of rotatable bonds is 13. The van der Waals surface area contributed by atoms with Crippen LogP contribution < -0.4 is 9.62 Å².